The van der Waals surface area contributed by atoms with Crippen molar-refractivity contribution < 1.29 is 14.6 Å². The molecule has 0 aliphatic rings. The first-order valence-electron chi connectivity index (χ1n) is 5.52. The second kappa shape index (κ2) is 4.87. The maximum atomic E-state index is 10.9. The van der Waals surface area contributed by atoms with Gasteiger partial charge < -0.3 is 9.84 Å². The van der Waals surface area contributed by atoms with Gasteiger partial charge in [-0.3, -0.25) is 0 Å². The highest BCUT2D eigenvalue weighted by Crippen LogP contribution is 2.21. The normalized spacial score (nSPS) is 10.1. The molecule has 0 bridgehead atoms. The fourth-order valence-corrected chi connectivity index (χ4v) is 1.62. The lowest BCUT2D eigenvalue weighted by Gasteiger charge is -2.07. The molecule has 0 unspecified atom stereocenters. The first-order valence-corrected chi connectivity index (χ1v) is 5.52. The van der Waals surface area contributed by atoms with Gasteiger partial charge in [-0.2, -0.15) is 0 Å². The van der Waals surface area contributed by atoms with Crippen LogP contribution in [0.3, 0.4) is 0 Å². The lowest BCUT2D eigenvalue weighted by molar-refractivity contribution is 0.0695. The van der Waals surface area contributed by atoms with Crippen LogP contribution in [0.2, 0.25) is 0 Å². The predicted molar refractivity (Wildman–Crippen MR) is 67.2 cm³/mol. The van der Waals surface area contributed by atoms with Gasteiger partial charge in [-0.1, -0.05) is 12.1 Å². The average Bonchev–Trinajstić information content (AvgIpc) is 2.28. The summed E-state index contributed by atoms with van der Waals surface area (Å²) in [6.07, 6.45) is 0. The quantitative estimate of drug-likeness (QED) is 0.899. The molecule has 1 aromatic heterocycles. The zero-order chi connectivity index (χ0) is 13.1. The van der Waals surface area contributed by atoms with E-state index in [0.29, 0.717) is 17.3 Å². The van der Waals surface area contributed by atoms with Crippen LogP contribution in [0.1, 0.15) is 21.6 Å². The Labute approximate surface area is 105 Å². The van der Waals surface area contributed by atoms with Crippen LogP contribution in [0.25, 0.3) is 0 Å². The van der Waals surface area contributed by atoms with E-state index in [4.69, 9.17) is 9.84 Å². The molecular weight excluding hydrogens is 230 g/mol. The first-order chi connectivity index (χ1) is 8.56. The van der Waals surface area contributed by atoms with Gasteiger partial charge in [0.15, 0.2) is 0 Å². The zero-order valence-corrected chi connectivity index (χ0v) is 10.2. The van der Waals surface area contributed by atoms with E-state index in [1.54, 1.807) is 13.0 Å². The van der Waals surface area contributed by atoms with Crippen LogP contribution in [-0.4, -0.2) is 16.1 Å². The van der Waals surface area contributed by atoms with E-state index in [1.165, 1.54) is 6.07 Å². The molecule has 92 valence electrons. The summed E-state index contributed by atoms with van der Waals surface area (Å²) < 4.78 is 5.57. The SMILES string of the molecule is Cc1cccc(Oc2ccc(C(=O)O)c(C)n2)c1. The van der Waals surface area contributed by atoms with E-state index in [1.807, 2.05) is 31.2 Å². The molecule has 0 fully saturated rings. The van der Waals surface area contributed by atoms with E-state index in [0.717, 1.165) is 5.56 Å². The third-order valence-corrected chi connectivity index (χ3v) is 2.50. The molecule has 4 nitrogen and oxygen atoms in total. The molecule has 1 N–H and O–H groups in total. The van der Waals surface area contributed by atoms with Crippen LogP contribution in [0, 0.1) is 13.8 Å². The number of rotatable bonds is 3. The van der Waals surface area contributed by atoms with Gasteiger partial charge in [0, 0.05) is 6.07 Å². The van der Waals surface area contributed by atoms with Gasteiger partial charge in [-0.05, 0) is 37.6 Å². The van der Waals surface area contributed by atoms with E-state index in [2.05, 4.69) is 4.98 Å². The number of carboxylic acids is 1. The van der Waals surface area contributed by atoms with Crippen LogP contribution in [-0.2, 0) is 0 Å². The van der Waals surface area contributed by atoms with Crippen LogP contribution in [0.5, 0.6) is 11.6 Å². The smallest absolute Gasteiger partial charge is 0.337 e. The van der Waals surface area contributed by atoms with Gasteiger partial charge in [0.05, 0.1) is 11.3 Å². The lowest BCUT2D eigenvalue weighted by Crippen LogP contribution is -2.02. The van der Waals surface area contributed by atoms with Crippen molar-refractivity contribution in [3.63, 3.8) is 0 Å². The minimum absolute atomic E-state index is 0.187. The number of pyridine rings is 1. The summed E-state index contributed by atoms with van der Waals surface area (Å²) in [5.74, 6) is 0.0928. The minimum Gasteiger partial charge on any atom is -0.478 e. The highest BCUT2D eigenvalue weighted by molar-refractivity contribution is 5.88. The third-order valence-electron chi connectivity index (χ3n) is 2.50. The van der Waals surface area contributed by atoms with Crippen LogP contribution < -0.4 is 4.74 Å². The summed E-state index contributed by atoms with van der Waals surface area (Å²) in [6.45, 7) is 3.62. The number of benzene rings is 1. The topological polar surface area (TPSA) is 59.4 Å². The van der Waals surface area contributed by atoms with Gasteiger partial charge >= 0.3 is 5.97 Å². The standard InChI is InChI=1S/C14H13NO3/c1-9-4-3-5-11(8-9)18-13-7-6-12(14(16)17)10(2)15-13/h3-8H,1-2H3,(H,16,17). The summed E-state index contributed by atoms with van der Waals surface area (Å²) in [6, 6.07) is 10.6. The fourth-order valence-electron chi connectivity index (χ4n) is 1.62. The maximum absolute atomic E-state index is 10.9. The second-order valence-corrected chi connectivity index (χ2v) is 4.01. The van der Waals surface area contributed by atoms with Gasteiger partial charge in [0.2, 0.25) is 5.88 Å². The summed E-state index contributed by atoms with van der Waals surface area (Å²) in [7, 11) is 0. The molecular formula is C14H13NO3. The highest BCUT2D eigenvalue weighted by atomic mass is 16.5. The van der Waals surface area contributed by atoms with Crippen molar-refractivity contribution in [3.05, 3.63) is 53.2 Å². The number of ether oxygens (including phenoxy) is 1. The van der Waals surface area contributed by atoms with Crippen molar-refractivity contribution in [1.82, 2.24) is 4.98 Å². The number of aromatic nitrogens is 1. The fraction of sp³-hybridized carbons (Fsp3) is 0.143. The lowest BCUT2D eigenvalue weighted by atomic mass is 10.2. The number of aromatic carboxylic acids is 1. The Bertz CT molecular complexity index is 593. The molecule has 0 aliphatic heterocycles. The molecule has 0 spiro atoms. The highest BCUT2D eigenvalue weighted by Gasteiger charge is 2.09. The Morgan fingerprint density at radius 2 is 2.00 bits per heavy atom. The van der Waals surface area contributed by atoms with E-state index < -0.39 is 5.97 Å². The minimum atomic E-state index is -0.984. The molecule has 0 saturated heterocycles. The number of hydrogen-bond donors (Lipinski definition) is 1. The Morgan fingerprint density at radius 1 is 1.22 bits per heavy atom. The van der Waals surface area contributed by atoms with Gasteiger partial charge in [-0.25, -0.2) is 9.78 Å². The van der Waals surface area contributed by atoms with Crippen molar-refractivity contribution in [1.29, 1.82) is 0 Å². The second-order valence-electron chi connectivity index (χ2n) is 4.01. The molecule has 0 radical (unpaired) electrons. The largest absolute Gasteiger partial charge is 0.478 e. The molecule has 2 aromatic rings. The number of hydrogen-bond acceptors (Lipinski definition) is 3. The number of aryl methyl sites for hydroxylation is 2. The van der Waals surface area contributed by atoms with Crippen LogP contribution in [0.4, 0.5) is 0 Å². The summed E-state index contributed by atoms with van der Waals surface area (Å²) in [5, 5.41) is 8.90. The Morgan fingerprint density at radius 3 is 2.61 bits per heavy atom. The van der Waals surface area contributed by atoms with Gasteiger partial charge in [0.25, 0.3) is 0 Å². The van der Waals surface area contributed by atoms with Gasteiger partial charge in [0.1, 0.15) is 5.75 Å². The van der Waals surface area contributed by atoms with Crippen LogP contribution in [0.15, 0.2) is 36.4 Å². The molecule has 0 aliphatic carbocycles. The van der Waals surface area contributed by atoms with Crippen molar-refractivity contribution >= 4 is 5.97 Å². The van der Waals surface area contributed by atoms with Crippen molar-refractivity contribution in [3.8, 4) is 11.6 Å². The Balaban J connectivity index is 2.25. The molecule has 18 heavy (non-hydrogen) atoms. The summed E-state index contributed by atoms with van der Waals surface area (Å²) >= 11 is 0. The van der Waals surface area contributed by atoms with E-state index >= 15 is 0 Å². The van der Waals surface area contributed by atoms with Crippen molar-refractivity contribution in [2.45, 2.75) is 13.8 Å². The summed E-state index contributed by atoms with van der Waals surface area (Å²) in [4.78, 5) is 15.0. The Kier molecular flexibility index (Phi) is 3.28. The zero-order valence-electron chi connectivity index (χ0n) is 10.2. The molecule has 0 atom stereocenters. The van der Waals surface area contributed by atoms with Crippen molar-refractivity contribution in [2.75, 3.05) is 0 Å². The van der Waals surface area contributed by atoms with Gasteiger partial charge in [-0.15, -0.1) is 0 Å². The Hall–Kier alpha value is -2.36. The molecule has 1 aromatic carbocycles. The van der Waals surface area contributed by atoms with E-state index in [-0.39, 0.29) is 5.56 Å². The molecule has 0 saturated carbocycles. The molecule has 0 amide bonds. The number of nitrogens with zero attached hydrogens (tertiary/aromatic N) is 1. The number of carbonyl (C=O) groups is 1. The third kappa shape index (κ3) is 2.66. The molecule has 1 heterocycles. The molecule has 2 rings (SSSR count). The van der Waals surface area contributed by atoms with Crippen LogP contribution >= 0.6 is 0 Å². The first kappa shape index (κ1) is 12.1. The molecule has 4 heteroatoms. The van der Waals surface area contributed by atoms with Crippen molar-refractivity contribution in [2.24, 2.45) is 0 Å². The average molecular weight is 243 g/mol. The van der Waals surface area contributed by atoms with E-state index in [9.17, 15) is 4.79 Å². The predicted octanol–water partition coefficient (Wildman–Crippen LogP) is 3.19. The number of carboxylic acid groups (broad SMARTS) is 1. The summed E-state index contributed by atoms with van der Waals surface area (Å²) in [5.41, 5.74) is 1.71. The maximum Gasteiger partial charge on any atom is 0.337 e. The monoisotopic (exact) mass is 243 g/mol.